The van der Waals surface area contributed by atoms with Crippen LogP contribution in [-0.4, -0.2) is 22.4 Å². The summed E-state index contributed by atoms with van der Waals surface area (Å²) in [5.74, 6) is 1.21. The highest BCUT2D eigenvalue weighted by Gasteiger charge is 2.43. The Hall–Kier alpha value is -1.15. The van der Waals surface area contributed by atoms with Gasteiger partial charge in [0, 0.05) is 12.7 Å². The van der Waals surface area contributed by atoms with E-state index in [9.17, 15) is 5.11 Å². The van der Waals surface area contributed by atoms with Crippen LogP contribution in [0.2, 0.25) is 0 Å². The molecule has 0 bridgehead atoms. The summed E-state index contributed by atoms with van der Waals surface area (Å²) in [5.41, 5.74) is 0.328. The Labute approximate surface area is 124 Å². The highest BCUT2D eigenvalue weighted by molar-refractivity contribution is 14.1. The zero-order valence-electron chi connectivity index (χ0n) is 10.4. The van der Waals surface area contributed by atoms with Gasteiger partial charge < -0.3 is 14.4 Å². The molecule has 1 N–H and O–H groups in total. The molecule has 2 aromatic rings. The highest BCUT2D eigenvalue weighted by Crippen LogP contribution is 2.43. The highest BCUT2D eigenvalue weighted by atomic mass is 127. The number of halogens is 1. The van der Waals surface area contributed by atoms with Crippen molar-refractivity contribution >= 4 is 22.6 Å². The van der Waals surface area contributed by atoms with Crippen LogP contribution in [0.25, 0.3) is 11.5 Å². The van der Waals surface area contributed by atoms with E-state index in [1.807, 2.05) is 12.1 Å². The Morgan fingerprint density at radius 2 is 2.21 bits per heavy atom. The summed E-state index contributed by atoms with van der Waals surface area (Å²) in [5, 5.41) is 13.7. The zero-order chi connectivity index (χ0) is 13.5. The number of ether oxygens (including phenoxy) is 1. The van der Waals surface area contributed by atoms with E-state index in [1.165, 1.54) is 0 Å². The van der Waals surface area contributed by atoms with E-state index in [1.54, 1.807) is 13.2 Å². The van der Waals surface area contributed by atoms with Crippen molar-refractivity contribution in [1.29, 1.82) is 0 Å². The van der Waals surface area contributed by atoms with Gasteiger partial charge in [0.15, 0.2) is 0 Å². The molecule has 1 aromatic heterocycles. The Balaban J connectivity index is 1.94. The number of methoxy groups -OCH3 is 1. The Morgan fingerprint density at radius 3 is 2.79 bits per heavy atom. The smallest absolute Gasteiger partial charge is 0.258 e. The summed E-state index contributed by atoms with van der Waals surface area (Å²) in [6, 6.07) is 5.28. The molecule has 100 valence electrons. The fraction of sp³-hybridized carbons (Fsp3) is 0.385. The number of nitrogens with zero attached hydrogens (tertiary/aromatic N) is 2. The van der Waals surface area contributed by atoms with E-state index in [2.05, 4.69) is 32.7 Å². The third-order valence-corrected chi connectivity index (χ3v) is 4.49. The second-order valence-electron chi connectivity index (χ2n) is 4.64. The number of hydrogen-bond donors (Lipinski definition) is 1. The van der Waals surface area contributed by atoms with Crippen LogP contribution in [0.1, 0.15) is 25.1 Å². The topological polar surface area (TPSA) is 68.4 Å². The standard InChI is InChI=1S/C13H13IN2O3/c1-18-13(5-2-6-13)12-15-11(19-16-12)8-3-4-9(14)10(17)7-8/h3-4,7,17H,2,5-6H2,1H3. The number of aromatic hydroxyl groups is 1. The minimum atomic E-state index is -0.382. The van der Waals surface area contributed by atoms with Crippen LogP contribution in [-0.2, 0) is 10.3 Å². The molecule has 0 saturated heterocycles. The van der Waals surface area contributed by atoms with Crippen molar-refractivity contribution in [3.8, 4) is 17.2 Å². The fourth-order valence-corrected chi connectivity index (χ4v) is 2.52. The molecule has 19 heavy (non-hydrogen) atoms. The lowest BCUT2D eigenvalue weighted by Crippen LogP contribution is -2.37. The van der Waals surface area contributed by atoms with Crippen LogP contribution >= 0.6 is 22.6 Å². The lowest BCUT2D eigenvalue weighted by atomic mass is 9.79. The summed E-state index contributed by atoms with van der Waals surface area (Å²) in [4.78, 5) is 4.40. The van der Waals surface area contributed by atoms with Gasteiger partial charge >= 0.3 is 0 Å². The van der Waals surface area contributed by atoms with Crippen molar-refractivity contribution in [2.45, 2.75) is 24.9 Å². The number of aromatic nitrogens is 2. The van der Waals surface area contributed by atoms with Crippen molar-refractivity contribution in [3.05, 3.63) is 27.6 Å². The van der Waals surface area contributed by atoms with Crippen LogP contribution in [0.5, 0.6) is 5.75 Å². The lowest BCUT2D eigenvalue weighted by molar-refractivity contribution is -0.0858. The van der Waals surface area contributed by atoms with Gasteiger partial charge in [0.2, 0.25) is 5.82 Å². The Morgan fingerprint density at radius 1 is 1.42 bits per heavy atom. The molecular formula is C13H13IN2O3. The van der Waals surface area contributed by atoms with Crippen molar-refractivity contribution in [3.63, 3.8) is 0 Å². The Kier molecular flexibility index (Phi) is 3.22. The molecule has 1 fully saturated rings. The van der Waals surface area contributed by atoms with Gasteiger partial charge in [-0.15, -0.1) is 0 Å². The first-order valence-corrected chi connectivity index (χ1v) is 7.11. The number of benzene rings is 1. The molecule has 1 aliphatic rings. The monoisotopic (exact) mass is 372 g/mol. The molecule has 6 heteroatoms. The molecule has 0 amide bonds. The molecule has 0 aliphatic heterocycles. The number of rotatable bonds is 3. The van der Waals surface area contributed by atoms with E-state index in [0.29, 0.717) is 17.3 Å². The summed E-state index contributed by atoms with van der Waals surface area (Å²) >= 11 is 2.06. The number of phenolic OH excluding ortho intramolecular Hbond substituents is 1. The van der Waals surface area contributed by atoms with Crippen LogP contribution in [0.15, 0.2) is 22.7 Å². The van der Waals surface area contributed by atoms with Crippen LogP contribution < -0.4 is 0 Å². The van der Waals surface area contributed by atoms with E-state index in [0.717, 1.165) is 22.8 Å². The first-order chi connectivity index (χ1) is 9.14. The number of phenols is 1. The maximum absolute atomic E-state index is 9.71. The van der Waals surface area contributed by atoms with Gasteiger partial charge in [0.1, 0.15) is 11.4 Å². The van der Waals surface area contributed by atoms with Crippen molar-refractivity contribution < 1.29 is 14.4 Å². The van der Waals surface area contributed by atoms with Gasteiger partial charge in [0.25, 0.3) is 5.89 Å². The lowest BCUT2D eigenvalue weighted by Gasteiger charge is -2.37. The number of hydrogen-bond acceptors (Lipinski definition) is 5. The van der Waals surface area contributed by atoms with Gasteiger partial charge in [-0.05, 0) is 60.1 Å². The summed E-state index contributed by atoms with van der Waals surface area (Å²) in [6.07, 6.45) is 2.95. The van der Waals surface area contributed by atoms with E-state index < -0.39 is 0 Å². The molecule has 1 saturated carbocycles. The molecule has 1 aromatic carbocycles. The minimum Gasteiger partial charge on any atom is -0.507 e. The van der Waals surface area contributed by atoms with E-state index in [-0.39, 0.29) is 11.4 Å². The molecule has 5 nitrogen and oxygen atoms in total. The second kappa shape index (κ2) is 4.75. The Bertz CT molecular complexity index is 602. The third-order valence-electron chi connectivity index (χ3n) is 3.58. The minimum absolute atomic E-state index is 0.211. The molecule has 0 unspecified atom stereocenters. The summed E-state index contributed by atoms with van der Waals surface area (Å²) in [6.45, 7) is 0. The predicted octanol–water partition coefficient (Wildman–Crippen LogP) is 3.07. The third kappa shape index (κ3) is 2.12. The van der Waals surface area contributed by atoms with Crippen LogP contribution in [0.4, 0.5) is 0 Å². The molecule has 0 radical (unpaired) electrons. The van der Waals surface area contributed by atoms with Crippen molar-refractivity contribution in [1.82, 2.24) is 10.1 Å². The van der Waals surface area contributed by atoms with Gasteiger partial charge in [-0.1, -0.05) is 5.16 Å². The molecule has 1 heterocycles. The van der Waals surface area contributed by atoms with Crippen LogP contribution in [0.3, 0.4) is 0 Å². The largest absolute Gasteiger partial charge is 0.507 e. The maximum atomic E-state index is 9.71. The van der Waals surface area contributed by atoms with Crippen LogP contribution in [0, 0.1) is 3.57 Å². The average Bonchev–Trinajstić information content (AvgIpc) is 2.82. The van der Waals surface area contributed by atoms with Gasteiger partial charge in [0.05, 0.1) is 3.57 Å². The quantitative estimate of drug-likeness (QED) is 0.839. The second-order valence-corrected chi connectivity index (χ2v) is 5.80. The fourth-order valence-electron chi connectivity index (χ4n) is 2.19. The van der Waals surface area contributed by atoms with Crippen molar-refractivity contribution in [2.75, 3.05) is 7.11 Å². The predicted molar refractivity (Wildman–Crippen MR) is 76.7 cm³/mol. The van der Waals surface area contributed by atoms with Gasteiger partial charge in [-0.2, -0.15) is 4.98 Å². The molecule has 3 rings (SSSR count). The first kappa shape index (κ1) is 12.9. The summed E-state index contributed by atoms with van der Waals surface area (Å²) < 4.78 is 11.6. The first-order valence-electron chi connectivity index (χ1n) is 6.03. The van der Waals surface area contributed by atoms with E-state index in [4.69, 9.17) is 9.26 Å². The molecule has 1 aliphatic carbocycles. The molecular weight excluding hydrogens is 359 g/mol. The van der Waals surface area contributed by atoms with E-state index >= 15 is 0 Å². The average molecular weight is 372 g/mol. The van der Waals surface area contributed by atoms with Crippen molar-refractivity contribution in [2.24, 2.45) is 0 Å². The zero-order valence-corrected chi connectivity index (χ0v) is 12.5. The van der Waals surface area contributed by atoms with Gasteiger partial charge in [-0.25, -0.2) is 0 Å². The molecule has 0 atom stereocenters. The maximum Gasteiger partial charge on any atom is 0.258 e. The van der Waals surface area contributed by atoms with Gasteiger partial charge in [-0.3, -0.25) is 0 Å². The summed E-state index contributed by atoms with van der Waals surface area (Å²) in [7, 11) is 1.67. The SMILES string of the molecule is COC1(c2noc(-c3ccc(I)c(O)c3)n2)CCC1. The molecule has 0 spiro atoms. The normalized spacial score (nSPS) is 17.2.